The smallest absolute Gasteiger partial charge is 0.225 e. The van der Waals surface area contributed by atoms with E-state index in [4.69, 9.17) is 0 Å². The van der Waals surface area contributed by atoms with Crippen LogP contribution >= 0.6 is 0 Å². The van der Waals surface area contributed by atoms with Crippen molar-refractivity contribution in [3.05, 3.63) is 18.5 Å². The minimum Gasteiger partial charge on any atom is -0.338 e. The maximum atomic E-state index is 4.42. The van der Waals surface area contributed by atoms with Crippen LogP contribution < -0.4 is 4.90 Å². The molecule has 2 rings (SSSR count). The normalized spacial score (nSPS) is 16.6. The summed E-state index contributed by atoms with van der Waals surface area (Å²) in [4.78, 5) is 11.3. The summed E-state index contributed by atoms with van der Waals surface area (Å²) in [6, 6.07) is 2.55. The predicted molar refractivity (Wildman–Crippen MR) is 71.1 cm³/mol. The first-order valence-electron chi connectivity index (χ1n) is 6.81. The molecule has 3 nitrogen and oxygen atoms in total. The Morgan fingerprint density at radius 2 is 1.88 bits per heavy atom. The van der Waals surface area contributed by atoms with Gasteiger partial charge in [-0.1, -0.05) is 26.7 Å². The van der Waals surface area contributed by atoms with Gasteiger partial charge in [0, 0.05) is 25.0 Å². The molecule has 94 valence electrons. The zero-order valence-electron chi connectivity index (χ0n) is 11.0. The molecule has 1 aromatic heterocycles. The van der Waals surface area contributed by atoms with Crippen LogP contribution in [-0.4, -0.2) is 22.6 Å². The van der Waals surface area contributed by atoms with Crippen molar-refractivity contribution in [3.63, 3.8) is 0 Å². The van der Waals surface area contributed by atoms with Crippen molar-refractivity contribution in [1.82, 2.24) is 9.97 Å². The molecule has 0 saturated heterocycles. The molecule has 1 fully saturated rings. The fourth-order valence-corrected chi connectivity index (χ4v) is 2.50. The maximum absolute atomic E-state index is 4.42. The summed E-state index contributed by atoms with van der Waals surface area (Å²) in [5.74, 6) is 1.66. The predicted octanol–water partition coefficient (Wildman–Crippen LogP) is 3.27. The number of rotatable bonds is 5. The van der Waals surface area contributed by atoms with Crippen LogP contribution in [0, 0.1) is 5.92 Å². The number of hydrogen-bond acceptors (Lipinski definition) is 3. The molecule has 0 aromatic carbocycles. The first kappa shape index (κ1) is 12.3. The SMILES string of the molecule is CC(C)CCN(c1ncccn1)C1CCCC1. The Balaban J connectivity index is 2.06. The molecule has 0 atom stereocenters. The summed E-state index contributed by atoms with van der Waals surface area (Å²) in [5, 5.41) is 0. The van der Waals surface area contributed by atoms with Crippen LogP contribution in [0.3, 0.4) is 0 Å². The zero-order valence-corrected chi connectivity index (χ0v) is 11.0. The highest BCUT2D eigenvalue weighted by Gasteiger charge is 2.24. The number of hydrogen-bond donors (Lipinski definition) is 0. The molecule has 0 spiro atoms. The van der Waals surface area contributed by atoms with Crippen molar-refractivity contribution in [1.29, 1.82) is 0 Å². The Morgan fingerprint density at radius 1 is 1.24 bits per heavy atom. The Hall–Kier alpha value is -1.12. The van der Waals surface area contributed by atoms with Crippen LogP contribution in [-0.2, 0) is 0 Å². The first-order chi connectivity index (χ1) is 8.27. The van der Waals surface area contributed by atoms with Gasteiger partial charge in [-0.15, -0.1) is 0 Å². The number of anilines is 1. The Bertz CT molecular complexity index is 317. The molecular formula is C14H23N3. The van der Waals surface area contributed by atoms with E-state index in [1.807, 2.05) is 18.5 Å². The number of nitrogens with zero attached hydrogens (tertiary/aromatic N) is 3. The van der Waals surface area contributed by atoms with Crippen LogP contribution in [0.4, 0.5) is 5.95 Å². The molecule has 0 N–H and O–H groups in total. The van der Waals surface area contributed by atoms with Crippen molar-refractivity contribution in [3.8, 4) is 0 Å². The second-order valence-electron chi connectivity index (χ2n) is 5.36. The highest BCUT2D eigenvalue weighted by Crippen LogP contribution is 2.26. The molecule has 0 aliphatic heterocycles. The van der Waals surface area contributed by atoms with E-state index in [0.717, 1.165) is 18.4 Å². The van der Waals surface area contributed by atoms with Crippen LogP contribution in [0.1, 0.15) is 46.0 Å². The van der Waals surface area contributed by atoms with Gasteiger partial charge in [0.1, 0.15) is 0 Å². The summed E-state index contributed by atoms with van der Waals surface area (Å²) < 4.78 is 0. The fourth-order valence-electron chi connectivity index (χ4n) is 2.50. The van der Waals surface area contributed by atoms with Gasteiger partial charge < -0.3 is 4.90 Å². The van der Waals surface area contributed by atoms with E-state index in [1.165, 1.54) is 32.1 Å². The molecule has 0 bridgehead atoms. The molecular weight excluding hydrogens is 210 g/mol. The molecule has 1 aromatic rings. The van der Waals surface area contributed by atoms with Crippen molar-refractivity contribution in [2.24, 2.45) is 5.92 Å². The standard InChI is InChI=1S/C14H23N3/c1-12(2)8-11-17(13-6-3-4-7-13)14-15-9-5-10-16-14/h5,9-10,12-13H,3-4,6-8,11H2,1-2H3. The quantitative estimate of drug-likeness (QED) is 0.781. The van der Waals surface area contributed by atoms with Crippen molar-refractivity contribution < 1.29 is 0 Å². The van der Waals surface area contributed by atoms with E-state index in [0.29, 0.717) is 6.04 Å². The van der Waals surface area contributed by atoms with E-state index in [2.05, 4.69) is 28.7 Å². The maximum Gasteiger partial charge on any atom is 0.225 e. The molecule has 0 amide bonds. The molecule has 1 saturated carbocycles. The molecule has 1 aliphatic carbocycles. The highest BCUT2D eigenvalue weighted by atomic mass is 15.3. The van der Waals surface area contributed by atoms with Crippen molar-refractivity contribution in [2.45, 2.75) is 52.0 Å². The summed E-state index contributed by atoms with van der Waals surface area (Å²) in [7, 11) is 0. The molecule has 1 aliphatic rings. The Labute approximate surface area is 104 Å². The van der Waals surface area contributed by atoms with E-state index >= 15 is 0 Å². The van der Waals surface area contributed by atoms with Gasteiger partial charge in [-0.05, 0) is 31.2 Å². The summed E-state index contributed by atoms with van der Waals surface area (Å²) >= 11 is 0. The molecule has 1 heterocycles. The van der Waals surface area contributed by atoms with Crippen molar-refractivity contribution >= 4 is 5.95 Å². The lowest BCUT2D eigenvalue weighted by Crippen LogP contribution is -2.36. The second-order valence-corrected chi connectivity index (χ2v) is 5.36. The number of aromatic nitrogens is 2. The van der Waals surface area contributed by atoms with Gasteiger partial charge >= 0.3 is 0 Å². The topological polar surface area (TPSA) is 29.0 Å². The zero-order chi connectivity index (χ0) is 12.1. The van der Waals surface area contributed by atoms with E-state index < -0.39 is 0 Å². The summed E-state index contributed by atoms with van der Waals surface area (Å²) in [6.45, 7) is 5.64. The van der Waals surface area contributed by atoms with Gasteiger partial charge in [-0.25, -0.2) is 9.97 Å². The van der Waals surface area contributed by atoms with E-state index in [1.54, 1.807) is 0 Å². The highest BCUT2D eigenvalue weighted by molar-refractivity contribution is 5.30. The Kier molecular flexibility index (Phi) is 4.35. The molecule has 17 heavy (non-hydrogen) atoms. The van der Waals surface area contributed by atoms with E-state index in [-0.39, 0.29) is 0 Å². The minimum atomic E-state index is 0.663. The summed E-state index contributed by atoms with van der Waals surface area (Å²) in [5.41, 5.74) is 0. The lowest BCUT2D eigenvalue weighted by atomic mass is 10.1. The summed E-state index contributed by atoms with van der Waals surface area (Å²) in [6.07, 6.45) is 10.2. The van der Waals surface area contributed by atoms with Gasteiger partial charge in [0.25, 0.3) is 0 Å². The van der Waals surface area contributed by atoms with Gasteiger partial charge in [-0.2, -0.15) is 0 Å². The van der Waals surface area contributed by atoms with Crippen LogP contribution in [0.15, 0.2) is 18.5 Å². The third kappa shape index (κ3) is 3.42. The monoisotopic (exact) mass is 233 g/mol. The average Bonchev–Trinajstić information content (AvgIpc) is 2.84. The average molecular weight is 233 g/mol. The van der Waals surface area contributed by atoms with Gasteiger partial charge in [-0.3, -0.25) is 0 Å². The van der Waals surface area contributed by atoms with E-state index in [9.17, 15) is 0 Å². The molecule has 0 unspecified atom stereocenters. The van der Waals surface area contributed by atoms with Gasteiger partial charge in [0.2, 0.25) is 5.95 Å². The third-order valence-corrected chi connectivity index (χ3v) is 3.52. The fraction of sp³-hybridized carbons (Fsp3) is 0.714. The van der Waals surface area contributed by atoms with Crippen LogP contribution in [0.25, 0.3) is 0 Å². The van der Waals surface area contributed by atoms with Crippen LogP contribution in [0.5, 0.6) is 0 Å². The molecule has 0 radical (unpaired) electrons. The van der Waals surface area contributed by atoms with Gasteiger partial charge in [0.05, 0.1) is 0 Å². The molecule has 3 heteroatoms. The largest absolute Gasteiger partial charge is 0.338 e. The first-order valence-corrected chi connectivity index (χ1v) is 6.81. The third-order valence-electron chi connectivity index (χ3n) is 3.52. The second kappa shape index (κ2) is 5.99. The Morgan fingerprint density at radius 3 is 2.47 bits per heavy atom. The lowest BCUT2D eigenvalue weighted by molar-refractivity contribution is 0.521. The lowest BCUT2D eigenvalue weighted by Gasteiger charge is -2.29. The van der Waals surface area contributed by atoms with Gasteiger partial charge in [0.15, 0.2) is 0 Å². The van der Waals surface area contributed by atoms with Crippen LogP contribution in [0.2, 0.25) is 0 Å². The van der Waals surface area contributed by atoms with Crippen molar-refractivity contribution in [2.75, 3.05) is 11.4 Å². The minimum absolute atomic E-state index is 0.663.